The molecule has 2 aromatic rings. The summed E-state index contributed by atoms with van der Waals surface area (Å²) in [7, 11) is 0. The molecular formula is C18H21ClN2O3. The first-order valence-corrected chi connectivity index (χ1v) is 8.45. The Labute approximate surface area is 146 Å². The number of amides is 1. The number of carbonyl (C=O) groups is 1. The van der Waals surface area contributed by atoms with Crippen molar-refractivity contribution in [3.05, 3.63) is 51.9 Å². The van der Waals surface area contributed by atoms with E-state index in [-0.39, 0.29) is 12.3 Å². The Balaban J connectivity index is 1.67. The summed E-state index contributed by atoms with van der Waals surface area (Å²) >= 11 is 6.22. The molecule has 1 aliphatic rings. The van der Waals surface area contributed by atoms with Crippen LogP contribution in [0.5, 0.6) is 0 Å². The van der Waals surface area contributed by atoms with Gasteiger partial charge in [0.25, 0.3) is 0 Å². The van der Waals surface area contributed by atoms with Crippen LogP contribution in [-0.2, 0) is 16.8 Å². The number of aromatic nitrogens is 1. The first kappa shape index (κ1) is 17.0. The first-order valence-electron chi connectivity index (χ1n) is 8.07. The quantitative estimate of drug-likeness (QED) is 0.926. The van der Waals surface area contributed by atoms with Gasteiger partial charge in [-0.05, 0) is 32.8 Å². The topological polar surface area (TPSA) is 66.6 Å². The summed E-state index contributed by atoms with van der Waals surface area (Å²) in [5.41, 5.74) is 1.37. The molecule has 1 fully saturated rings. The fourth-order valence-electron chi connectivity index (χ4n) is 3.25. The van der Waals surface area contributed by atoms with Gasteiger partial charge in [-0.1, -0.05) is 35.0 Å². The summed E-state index contributed by atoms with van der Waals surface area (Å²) in [6, 6.07) is 7.35. The van der Waals surface area contributed by atoms with Gasteiger partial charge < -0.3 is 14.5 Å². The summed E-state index contributed by atoms with van der Waals surface area (Å²) in [5.74, 6) is 0.719. The van der Waals surface area contributed by atoms with Crippen molar-refractivity contribution in [2.45, 2.75) is 38.7 Å². The zero-order valence-electron chi connectivity index (χ0n) is 13.9. The van der Waals surface area contributed by atoms with Crippen molar-refractivity contribution in [1.29, 1.82) is 0 Å². The normalized spacial score (nSPS) is 17.1. The van der Waals surface area contributed by atoms with Gasteiger partial charge in [0.15, 0.2) is 0 Å². The van der Waals surface area contributed by atoms with E-state index >= 15 is 0 Å². The molecule has 1 aromatic carbocycles. The highest BCUT2D eigenvalue weighted by Gasteiger charge is 2.36. The van der Waals surface area contributed by atoms with Crippen LogP contribution in [0.4, 0.5) is 0 Å². The number of aliphatic hydroxyl groups is 1. The van der Waals surface area contributed by atoms with Crippen molar-refractivity contribution in [1.82, 2.24) is 10.1 Å². The Hall–Kier alpha value is -1.85. The zero-order valence-corrected chi connectivity index (χ0v) is 14.6. The molecule has 0 bridgehead atoms. The third-order valence-electron chi connectivity index (χ3n) is 4.83. The van der Waals surface area contributed by atoms with Crippen LogP contribution in [0.25, 0.3) is 0 Å². The lowest BCUT2D eigenvalue weighted by Crippen LogP contribution is -2.45. The minimum absolute atomic E-state index is 0.0330. The van der Waals surface area contributed by atoms with Gasteiger partial charge in [0.05, 0.1) is 17.7 Å². The first-order chi connectivity index (χ1) is 11.4. The Kier molecular flexibility index (Phi) is 4.65. The van der Waals surface area contributed by atoms with Gasteiger partial charge in [-0.3, -0.25) is 4.79 Å². The molecule has 3 rings (SSSR count). The van der Waals surface area contributed by atoms with Crippen molar-refractivity contribution in [3.8, 4) is 0 Å². The molecule has 6 heteroatoms. The van der Waals surface area contributed by atoms with Crippen LogP contribution in [-0.4, -0.2) is 34.2 Å². The highest BCUT2D eigenvalue weighted by molar-refractivity contribution is 6.31. The molecule has 5 nitrogen and oxygen atoms in total. The third kappa shape index (κ3) is 3.19. The van der Waals surface area contributed by atoms with Crippen LogP contribution in [0.15, 0.2) is 28.8 Å². The number of carbonyl (C=O) groups excluding carboxylic acids is 1. The number of likely N-dealkylation sites (tertiary alicyclic amines) is 1. The highest BCUT2D eigenvalue weighted by atomic mass is 35.5. The maximum absolute atomic E-state index is 12.5. The minimum atomic E-state index is -0.974. The van der Waals surface area contributed by atoms with E-state index in [1.807, 2.05) is 32.0 Å². The minimum Gasteiger partial charge on any atom is -0.385 e. The molecule has 0 radical (unpaired) electrons. The van der Waals surface area contributed by atoms with E-state index in [1.165, 1.54) is 0 Å². The lowest BCUT2D eigenvalue weighted by molar-refractivity contribution is -0.135. The molecule has 1 saturated heterocycles. The second-order valence-electron chi connectivity index (χ2n) is 6.37. The van der Waals surface area contributed by atoms with Crippen LogP contribution in [0, 0.1) is 13.8 Å². The summed E-state index contributed by atoms with van der Waals surface area (Å²) < 4.78 is 5.11. The average molecular weight is 349 g/mol. The predicted molar refractivity (Wildman–Crippen MR) is 90.8 cm³/mol. The van der Waals surface area contributed by atoms with Gasteiger partial charge in [-0.25, -0.2) is 0 Å². The number of nitrogens with zero attached hydrogens (tertiary/aromatic N) is 2. The molecule has 0 aliphatic carbocycles. The van der Waals surface area contributed by atoms with E-state index in [0.29, 0.717) is 36.7 Å². The second-order valence-corrected chi connectivity index (χ2v) is 6.78. The SMILES string of the molecule is Cc1noc(C)c1CC(=O)N1CCC(O)(c2ccccc2Cl)CC1. The molecule has 24 heavy (non-hydrogen) atoms. The van der Waals surface area contributed by atoms with Gasteiger partial charge in [-0.2, -0.15) is 0 Å². The molecule has 0 unspecified atom stereocenters. The lowest BCUT2D eigenvalue weighted by atomic mass is 9.84. The number of piperidine rings is 1. The van der Waals surface area contributed by atoms with Crippen LogP contribution in [0.2, 0.25) is 5.02 Å². The standard InChI is InChI=1S/C18H21ClN2O3/c1-12-14(13(2)24-20-12)11-17(22)21-9-7-18(23,8-10-21)15-5-3-4-6-16(15)19/h3-6,23H,7-11H2,1-2H3. The summed E-state index contributed by atoms with van der Waals surface area (Å²) in [6.07, 6.45) is 1.24. The average Bonchev–Trinajstić information content (AvgIpc) is 2.87. The number of hydrogen-bond donors (Lipinski definition) is 1. The predicted octanol–water partition coefficient (Wildman–Crippen LogP) is 3.00. The van der Waals surface area contributed by atoms with Crippen LogP contribution in [0.3, 0.4) is 0 Å². The monoisotopic (exact) mass is 348 g/mol. The Morgan fingerprint density at radius 2 is 2.00 bits per heavy atom. The van der Waals surface area contributed by atoms with Crippen LogP contribution in [0.1, 0.15) is 35.4 Å². The van der Waals surface area contributed by atoms with Gasteiger partial charge >= 0.3 is 0 Å². The van der Waals surface area contributed by atoms with Crippen LogP contribution >= 0.6 is 11.6 Å². The second kappa shape index (κ2) is 6.57. The van der Waals surface area contributed by atoms with Gasteiger partial charge in [0.2, 0.25) is 5.91 Å². The molecule has 2 heterocycles. The van der Waals surface area contributed by atoms with E-state index < -0.39 is 5.60 Å². The molecule has 1 aromatic heterocycles. The van der Waals surface area contributed by atoms with E-state index in [2.05, 4.69) is 5.16 Å². The molecule has 1 aliphatic heterocycles. The van der Waals surface area contributed by atoms with E-state index in [0.717, 1.165) is 16.8 Å². The molecule has 0 atom stereocenters. The van der Waals surface area contributed by atoms with E-state index in [1.54, 1.807) is 11.0 Å². The van der Waals surface area contributed by atoms with Crippen molar-refractivity contribution in [2.24, 2.45) is 0 Å². The molecule has 0 spiro atoms. The molecule has 1 N–H and O–H groups in total. The summed E-state index contributed by atoms with van der Waals surface area (Å²) in [5, 5.41) is 15.4. The molecule has 0 saturated carbocycles. The number of benzene rings is 1. The van der Waals surface area contributed by atoms with Crippen molar-refractivity contribution >= 4 is 17.5 Å². The lowest BCUT2D eigenvalue weighted by Gasteiger charge is -2.39. The molecular weight excluding hydrogens is 328 g/mol. The van der Waals surface area contributed by atoms with Crippen molar-refractivity contribution in [3.63, 3.8) is 0 Å². The molecule has 1 amide bonds. The van der Waals surface area contributed by atoms with Crippen molar-refractivity contribution in [2.75, 3.05) is 13.1 Å². The van der Waals surface area contributed by atoms with E-state index in [4.69, 9.17) is 16.1 Å². The maximum atomic E-state index is 12.5. The van der Waals surface area contributed by atoms with E-state index in [9.17, 15) is 9.90 Å². The number of halogens is 1. The highest BCUT2D eigenvalue weighted by Crippen LogP contribution is 2.36. The number of hydrogen-bond acceptors (Lipinski definition) is 4. The Morgan fingerprint density at radius 1 is 1.33 bits per heavy atom. The fourth-order valence-corrected chi connectivity index (χ4v) is 3.56. The third-order valence-corrected chi connectivity index (χ3v) is 5.16. The maximum Gasteiger partial charge on any atom is 0.227 e. The Bertz CT molecular complexity index is 729. The zero-order chi connectivity index (χ0) is 17.3. The van der Waals surface area contributed by atoms with Gasteiger partial charge in [0, 0.05) is 29.2 Å². The summed E-state index contributed by atoms with van der Waals surface area (Å²) in [6.45, 7) is 4.66. The van der Waals surface area contributed by atoms with Gasteiger partial charge in [0.1, 0.15) is 5.76 Å². The van der Waals surface area contributed by atoms with Crippen LogP contribution < -0.4 is 0 Å². The number of aryl methyl sites for hydroxylation is 2. The van der Waals surface area contributed by atoms with Crippen molar-refractivity contribution < 1.29 is 14.4 Å². The molecule has 128 valence electrons. The van der Waals surface area contributed by atoms with Gasteiger partial charge in [-0.15, -0.1) is 0 Å². The summed E-state index contributed by atoms with van der Waals surface area (Å²) in [4.78, 5) is 14.3. The smallest absolute Gasteiger partial charge is 0.227 e. The largest absolute Gasteiger partial charge is 0.385 e. The fraction of sp³-hybridized carbons (Fsp3) is 0.444. The Morgan fingerprint density at radius 3 is 2.58 bits per heavy atom. The number of rotatable bonds is 3.